The van der Waals surface area contributed by atoms with Crippen LogP contribution in [0.2, 0.25) is 0 Å². The number of carbonyl (C=O) groups is 1. The summed E-state index contributed by atoms with van der Waals surface area (Å²) in [6.45, 7) is 1.48. The first-order valence-corrected chi connectivity index (χ1v) is 12.8. The number of fused-ring (bicyclic) bond motifs is 1. The smallest absolute Gasteiger partial charge is 0.243 e. The molecule has 176 valence electrons. The molecule has 2 atom stereocenters. The molecule has 2 fully saturated rings. The molecule has 2 unspecified atom stereocenters. The number of rotatable bonds is 6. The van der Waals surface area contributed by atoms with Gasteiger partial charge in [-0.05, 0) is 73.6 Å². The Morgan fingerprint density at radius 3 is 2.48 bits per heavy atom. The van der Waals surface area contributed by atoms with Gasteiger partial charge in [0, 0.05) is 13.1 Å². The van der Waals surface area contributed by atoms with E-state index in [0.717, 1.165) is 30.5 Å². The standard InChI is InChI=1S/C24H27FN2O5S/c25-19-6-8-20(9-7-19)33(29,30)27-11-1-2-18(15-27)24(28)26-23(16-3-4-16)17-5-10-21-22(14-17)32-13-12-31-21/h5-10,14,16,18,23H,1-4,11-13,15H2,(H,26,28). The largest absolute Gasteiger partial charge is 0.486 e. The summed E-state index contributed by atoms with van der Waals surface area (Å²) in [6, 6.07) is 10.4. The van der Waals surface area contributed by atoms with Gasteiger partial charge >= 0.3 is 0 Å². The van der Waals surface area contributed by atoms with Crippen molar-refractivity contribution >= 4 is 15.9 Å². The van der Waals surface area contributed by atoms with Crippen LogP contribution in [0.1, 0.15) is 37.3 Å². The molecule has 1 saturated carbocycles. The van der Waals surface area contributed by atoms with Crippen LogP contribution in [0.5, 0.6) is 11.5 Å². The van der Waals surface area contributed by atoms with E-state index >= 15 is 0 Å². The van der Waals surface area contributed by atoms with Gasteiger partial charge in [-0.25, -0.2) is 12.8 Å². The lowest BCUT2D eigenvalue weighted by Gasteiger charge is -2.32. The van der Waals surface area contributed by atoms with E-state index in [9.17, 15) is 17.6 Å². The zero-order valence-electron chi connectivity index (χ0n) is 18.2. The summed E-state index contributed by atoms with van der Waals surface area (Å²) >= 11 is 0. The summed E-state index contributed by atoms with van der Waals surface area (Å²) in [7, 11) is -3.78. The second kappa shape index (κ2) is 8.95. The maximum absolute atomic E-state index is 13.2. The predicted octanol–water partition coefficient (Wildman–Crippen LogP) is 3.27. The summed E-state index contributed by atoms with van der Waals surface area (Å²) in [5.74, 6) is 0.690. The van der Waals surface area contributed by atoms with Gasteiger partial charge in [0.1, 0.15) is 19.0 Å². The average Bonchev–Trinajstić information content (AvgIpc) is 3.68. The minimum Gasteiger partial charge on any atom is -0.486 e. The topological polar surface area (TPSA) is 84.9 Å². The van der Waals surface area contributed by atoms with Gasteiger partial charge in [0.25, 0.3) is 0 Å². The third-order valence-electron chi connectivity index (χ3n) is 6.52. The summed E-state index contributed by atoms with van der Waals surface area (Å²) in [5.41, 5.74) is 0.974. The third kappa shape index (κ3) is 4.70. The molecule has 0 aromatic heterocycles. The van der Waals surface area contributed by atoms with Crippen LogP contribution in [0.3, 0.4) is 0 Å². The summed E-state index contributed by atoms with van der Waals surface area (Å²) in [4.78, 5) is 13.3. The summed E-state index contributed by atoms with van der Waals surface area (Å²) in [6.07, 6.45) is 3.29. The first-order valence-electron chi connectivity index (χ1n) is 11.4. The van der Waals surface area contributed by atoms with Crippen molar-refractivity contribution in [3.8, 4) is 11.5 Å². The Hall–Kier alpha value is -2.65. The highest BCUT2D eigenvalue weighted by molar-refractivity contribution is 7.89. The molecule has 2 heterocycles. The minimum absolute atomic E-state index is 0.0390. The number of hydrogen-bond acceptors (Lipinski definition) is 5. The van der Waals surface area contributed by atoms with E-state index in [0.29, 0.717) is 50.0 Å². The zero-order chi connectivity index (χ0) is 23.0. The number of nitrogens with zero attached hydrogens (tertiary/aromatic N) is 1. The van der Waals surface area contributed by atoms with Crippen molar-refractivity contribution in [3.05, 3.63) is 53.8 Å². The first kappa shape index (κ1) is 22.2. The molecular weight excluding hydrogens is 447 g/mol. The van der Waals surface area contributed by atoms with Gasteiger partial charge in [-0.3, -0.25) is 4.79 Å². The van der Waals surface area contributed by atoms with E-state index in [1.807, 2.05) is 18.2 Å². The Labute approximate surface area is 192 Å². The number of sulfonamides is 1. The molecular formula is C24H27FN2O5S. The van der Waals surface area contributed by atoms with E-state index in [-0.39, 0.29) is 23.4 Å². The SMILES string of the molecule is O=C(NC(c1ccc2c(c1)OCCO2)C1CC1)C1CCCN(S(=O)(=O)c2ccc(F)cc2)C1. The lowest BCUT2D eigenvalue weighted by atomic mass is 9.96. The lowest BCUT2D eigenvalue weighted by Crippen LogP contribution is -2.46. The number of amides is 1. The Morgan fingerprint density at radius 2 is 1.76 bits per heavy atom. The van der Waals surface area contributed by atoms with Crippen molar-refractivity contribution < 1.29 is 27.1 Å². The Kier molecular flexibility index (Phi) is 6.01. The average molecular weight is 475 g/mol. The van der Waals surface area contributed by atoms with E-state index in [2.05, 4.69) is 5.32 Å². The molecule has 0 radical (unpaired) electrons. The first-order chi connectivity index (χ1) is 15.9. The van der Waals surface area contributed by atoms with Crippen LogP contribution in [0.4, 0.5) is 4.39 Å². The van der Waals surface area contributed by atoms with Gasteiger partial charge in [-0.1, -0.05) is 6.07 Å². The third-order valence-corrected chi connectivity index (χ3v) is 8.40. The molecule has 1 amide bonds. The Bertz CT molecular complexity index is 1130. The van der Waals surface area contributed by atoms with Crippen LogP contribution >= 0.6 is 0 Å². The van der Waals surface area contributed by atoms with E-state index < -0.39 is 21.8 Å². The number of benzene rings is 2. The highest BCUT2D eigenvalue weighted by Gasteiger charge is 2.38. The molecule has 9 heteroatoms. The van der Waals surface area contributed by atoms with Crippen molar-refractivity contribution in [3.63, 3.8) is 0 Å². The molecule has 0 bridgehead atoms. The highest BCUT2D eigenvalue weighted by Crippen LogP contribution is 2.43. The number of halogens is 1. The molecule has 33 heavy (non-hydrogen) atoms. The number of piperidine rings is 1. The fraction of sp³-hybridized carbons (Fsp3) is 0.458. The van der Waals surface area contributed by atoms with E-state index in [1.54, 1.807) is 0 Å². The number of carbonyl (C=O) groups excluding carboxylic acids is 1. The normalized spacial score (nSPS) is 21.9. The predicted molar refractivity (Wildman–Crippen MR) is 119 cm³/mol. The van der Waals surface area contributed by atoms with Crippen LogP contribution in [-0.4, -0.2) is 44.9 Å². The zero-order valence-corrected chi connectivity index (χ0v) is 19.0. The Balaban J connectivity index is 1.30. The molecule has 3 aliphatic rings. The van der Waals surface area contributed by atoms with Gasteiger partial charge in [0.15, 0.2) is 11.5 Å². The van der Waals surface area contributed by atoms with Crippen molar-refractivity contribution in [1.29, 1.82) is 0 Å². The van der Waals surface area contributed by atoms with E-state index in [1.165, 1.54) is 16.4 Å². The summed E-state index contributed by atoms with van der Waals surface area (Å²) < 4.78 is 51.9. The molecule has 1 aliphatic carbocycles. The molecule has 7 nitrogen and oxygen atoms in total. The quantitative estimate of drug-likeness (QED) is 0.695. The van der Waals surface area contributed by atoms with Gasteiger partial charge in [-0.2, -0.15) is 4.31 Å². The molecule has 2 aromatic rings. The van der Waals surface area contributed by atoms with Gasteiger partial charge in [-0.15, -0.1) is 0 Å². The molecule has 0 spiro atoms. The molecule has 2 aromatic carbocycles. The van der Waals surface area contributed by atoms with Crippen molar-refractivity contribution in [2.45, 2.75) is 36.6 Å². The van der Waals surface area contributed by atoms with Gasteiger partial charge in [0.2, 0.25) is 15.9 Å². The fourth-order valence-electron chi connectivity index (χ4n) is 4.56. The maximum atomic E-state index is 13.2. The minimum atomic E-state index is -3.78. The fourth-order valence-corrected chi connectivity index (χ4v) is 6.08. The van der Waals surface area contributed by atoms with Gasteiger partial charge < -0.3 is 14.8 Å². The molecule has 1 saturated heterocycles. The molecule has 2 aliphatic heterocycles. The van der Waals surface area contributed by atoms with Crippen LogP contribution in [0.15, 0.2) is 47.4 Å². The molecule has 1 N–H and O–H groups in total. The molecule has 5 rings (SSSR count). The van der Waals surface area contributed by atoms with Crippen molar-refractivity contribution in [2.24, 2.45) is 11.8 Å². The van der Waals surface area contributed by atoms with Crippen LogP contribution in [0, 0.1) is 17.7 Å². The second-order valence-electron chi connectivity index (χ2n) is 8.88. The number of nitrogens with one attached hydrogen (secondary N) is 1. The summed E-state index contributed by atoms with van der Waals surface area (Å²) in [5, 5.41) is 3.18. The van der Waals surface area contributed by atoms with Gasteiger partial charge in [0.05, 0.1) is 16.9 Å². The highest BCUT2D eigenvalue weighted by atomic mass is 32.2. The van der Waals surface area contributed by atoms with Crippen LogP contribution in [0.25, 0.3) is 0 Å². The van der Waals surface area contributed by atoms with E-state index in [4.69, 9.17) is 9.47 Å². The monoisotopic (exact) mass is 474 g/mol. The van der Waals surface area contributed by atoms with Crippen LogP contribution < -0.4 is 14.8 Å². The second-order valence-corrected chi connectivity index (χ2v) is 10.8. The lowest BCUT2D eigenvalue weighted by molar-refractivity contribution is -0.127. The van der Waals surface area contributed by atoms with Crippen LogP contribution in [-0.2, 0) is 14.8 Å². The van der Waals surface area contributed by atoms with Crippen molar-refractivity contribution in [2.75, 3.05) is 26.3 Å². The number of ether oxygens (including phenoxy) is 2. The number of hydrogen-bond donors (Lipinski definition) is 1. The maximum Gasteiger partial charge on any atom is 0.243 e. The van der Waals surface area contributed by atoms with Crippen molar-refractivity contribution in [1.82, 2.24) is 9.62 Å². The Morgan fingerprint density at radius 1 is 1.03 bits per heavy atom.